The largest absolute Gasteiger partial charge is 0.359 e. The van der Waals surface area contributed by atoms with Crippen LogP contribution in [0.1, 0.15) is 37.7 Å². The Morgan fingerprint density at radius 2 is 1.90 bits per heavy atom. The molecular weight excluding hydrogens is 437 g/mol. The van der Waals surface area contributed by atoms with Crippen LogP contribution in [0, 0.1) is 6.92 Å². The fourth-order valence-electron chi connectivity index (χ4n) is 2.87. The number of rotatable bonds is 8. The molecule has 0 saturated heterocycles. The normalized spacial score (nSPS) is 10.5. The van der Waals surface area contributed by atoms with Crippen molar-refractivity contribution in [3.8, 4) is 0 Å². The minimum absolute atomic E-state index is 0.0993. The summed E-state index contributed by atoms with van der Waals surface area (Å²) in [5.74, 6) is -0.318. The third kappa shape index (κ3) is 5.96. The van der Waals surface area contributed by atoms with Crippen LogP contribution in [-0.2, 0) is 13.1 Å². The Morgan fingerprint density at radius 1 is 1.16 bits per heavy atom. The molecule has 160 valence electrons. The maximum atomic E-state index is 12.9. The number of carbonyl (C=O) groups excluding carboxylic acids is 2. The number of nitrogens with one attached hydrogen (secondary N) is 1. The van der Waals surface area contributed by atoms with Gasteiger partial charge in [0.2, 0.25) is 0 Å². The number of hydrogen-bond donors (Lipinski definition) is 1. The molecule has 0 saturated carbocycles. The van der Waals surface area contributed by atoms with Gasteiger partial charge in [0.1, 0.15) is 0 Å². The monoisotopic (exact) mass is 457 g/mol. The number of hydrogen-bond acceptors (Lipinski definition) is 4. The van der Waals surface area contributed by atoms with Crippen molar-refractivity contribution in [3.05, 3.63) is 99.4 Å². The summed E-state index contributed by atoms with van der Waals surface area (Å²) in [6.45, 7) is 6.42. The summed E-state index contributed by atoms with van der Waals surface area (Å²) in [6.07, 6.45) is 1.59. The SMILES string of the molecule is C=CCN(Cc1cc(C(=O)NCc2ccc(C)cc2)no1)C(=O)c1ccc(Cl)cc1Cl. The van der Waals surface area contributed by atoms with Crippen molar-refractivity contribution in [2.45, 2.75) is 20.0 Å². The first-order valence-electron chi connectivity index (χ1n) is 9.52. The predicted molar refractivity (Wildman–Crippen MR) is 120 cm³/mol. The summed E-state index contributed by atoms with van der Waals surface area (Å²) in [6, 6.07) is 14.0. The molecule has 31 heavy (non-hydrogen) atoms. The van der Waals surface area contributed by atoms with Crippen molar-refractivity contribution in [2.75, 3.05) is 6.54 Å². The molecule has 0 aliphatic rings. The van der Waals surface area contributed by atoms with Crippen LogP contribution in [0.4, 0.5) is 0 Å². The second-order valence-corrected chi connectivity index (χ2v) is 7.79. The molecule has 0 radical (unpaired) electrons. The van der Waals surface area contributed by atoms with E-state index in [2.05, 4.69) is 17.1 Å². The van der Waals surface area contributed by atoms with Gasteiger partial charge in [-0.15, -0.1) is 6.58 Å². The molecule has 0 fully saturated rings. The average Bonchev–Trinajstić information content (AvgIpc) is 3.21. The highest BCUT2D eigenvalue weighted by atomic mass is 35.5. The topological polar surface area (TPSA) is 75.4 Å². The zero-order chi connectivity index (χ0) is 22.4. The van der Waals surface area contributed by atoms with E-state index in [0.29, 0.717) is 22.9 Å². The quantitative estimate of drug-likeness (QED) is 0.480. The minimum Gasteiger partial charge on any atom is -0.359 e. The van der Waals surface area contributed by atoms with Crippen LogP contribution in [0.25, 0.3) is 0 Å². The van der Waals surface area contributed by atoms with Crippen LogP contribution in [0.5, 0.6) is 0 Å². The summed E-state index contributed by atoms with van der Waals surface area (Å²) < 4.78 is 5.27. The lowest BCUT2D eigenvalue weighted by Crippen LogP contribution is -2.30. The lowest BCUT2D eigenvalue weighted by atomic mass is 10.1. The first-order chi connectivity index (χ1) is 14.9. The summed E-state index contributed by atoms with van der Waals surface area (Å²) in [7, 11) is 0. The highest BCUT2D eigenvalue weighted by Crippen LogP contribution is 2.23. The second kappa shape index (κ2) is 10.3. The lowest BCUT2D eigenvalue weighted by molar-refractivity contribution is 0.0748. The molecule has 2 aromatic carbocycles. The molecule has 0 bridgehead atoms. The average molecular weight is 458 g/mol. The van der Waals surface area contributed by atoms with Crippen molar-refractivity contribution in [3.63, 3.8) is 0 Å². The molecule has 3 aromatic rings. The van der Waals surface area contributed by atoms with Crippen molar-refractivity contribution in [2.24, 2.45) is 0 Å². The fourth-order valence-corrected chi connectivity index (χ4v) is 3.36. The van der Waals surface area contributed by atoms with E-state index in [1.165, 1.54) is 17.0 Å². The van der Waals surface area contributed by atoms with E-state index in [9.17, 15) is 9.59 Å². The van der Waals surface area contributed by atoms with Gasteiger partial charge < -0.3 is 14.7 Å². The number of aromatic nitrogens is 1. The molecule has 2 amide bonds. The third-order valence-corrected chi connectivity index (χ3v) is 5.06. The first-order valence-corrected chi connectivity index (χ1v) is 10.3. The molecule has 0 aliphatic carbocycles. The Hall–Kier alpha value is -3.09. The van der Waals surface area contributed by atoms with E-state index < -0.39 is 0 Å². The van der Waals surface area contributed by atoms with Crippen LogP contribution in [-0.4, -0.2) is 28.4 Å². The van der Waals surface area contributed by atoms with Crippen LogP contribution < -0.4 is 5.32 Å². The zero-order valence-electron chi connectivity index (χ0n) is 16.9. The predicted octanol–water partition coefficient (Wildman–Crippen LogP) is 5.05. The molecule has 1 aromatic heterocycles. The maximum Gasteiger partial charge on any atom is 0.273 e. The minimum atomic E-state index is -0.363. The van der Waals surface area contributed by atoms with Crippen molar-refractivity contribution in [1.29, 1.82) is 0 Å². The van der Waals surface area contributed by atoms with Crippen molar-refractivity contribution < 1.29 is 14.1 Å². The van der Waals surface area contributed by atoms with Gasteiger partial charge in [0, 0.05) is 24.2 Å². The standard InChI is InChI=1S/C23H21Cl2N3O3/c1-3-10-28(23(30)19-9-8-17(24)11-20(19)25)14-18-12-21(27-31-18)22(29)26-13-16-6-4-15(2)5-7-16/h3-9,11-12H,1,10,13-14H2,2H3,(H,26,29). The molecule has 0 unspecified atom stereocenters. The number of benzene rings is 2. The van der Waals surface area contributed by atoms with Gasteiger partial charge in [0.25, 0.3) is 11.8 Å². The van der Waals surface area contributed by atoms with E-state index in [-0.39, 0.29) is 35.6 Å². The maximum absolute atomic E-state index is 12.9. The number of amides is 2. The van der Waals surface area contributed by atoms with Gasteiger partial charge in [-0.1, -0.05) is 64.3 Å². The van der Waals surface area contributed by atoms with Gasteiger partial charge in [-0.3, -0.25) is 9.59 Å². The van der Waals surface area contributed by atoms with Gasteiger partial charge in [-0.25, -0.2) is 0 Å². The van der Waals surface area contributed by atoms with Gasteiger partial charge in [0.05, 0.1) is 17.1 Å². The summed E-state index contributed by atoms with van der Waals surface area (Å²) >= 11 is 12.1. The van der Waals surface area contributed by atoms with Gasteiger partial charge in [-0.2, -0.15) is 0 Å². The number of nitrogens with zero attached hydrogens (tertiary/aromatic N) is 2. The fraction of sp³-hybridized carbons (Fsp3) is 0.174. The lowest BCUT2D eigenvalue weighted by Gasteiger charge is -2.20. The van der Waals surface area contributed by atoms with Crippen molar-refractivity contribution >= 4 is 35.0 Å². The Labute approximate surface area is 190 Å². The molecule has 1 heterocycles. The van der Waals surface area contributed by atoms with Crippen LogP contribution in [0.2, 0.25) is 10.0 Å². The number of carbonyl (C=O) groups is 2. The molecule has 6 nitrogen and oxygen atoms in total. The Bertz CT molecular complexity index is 1090. The summed E-state index contributed by atoms with van der Waals surface area (Å²) in [4.78, 5) is 26.8. The number of aryl methyl sites for hydroxylation is 1. The Kier molecular flexibility index (Phi) is 7.50. The second-order valence-electron chi connectivity index (χ2n) is 6.95. The van der Waals surface area contributed by atoms with Gasteiger partial charge >= 0.3 is 0 Å². The Morgan fingerprint density at radius 3 is 2.58 bits per heavy atom. The zero-order valence-corrected chi connectivity index (χ0v) is 18.4. The van der Waals surface area contributed by atoms with E-state index >= 15 is 0 Å². The molecule has 1 N–H and O–H groups in total. The van der Waals surface area contributed by atoms with Gasteiger partial charge in [0.15, 0.2) is 11.5 Å². The number of halogens is 2. The smallest absolute Gasteiger partial charge is 0.273 e. The first kappa shape index (κ1) is 22.6. The van der Waals surface area contributed by atoms with Crippen LogP contribution in [0.3, 0.4) is 0 Å². The van der Waals surface area contributed by atoms with E-state index in [1.807, 2.05) is 31.2 Å². The highest BCUT2D eigenvalue weighted by Gasteiger charge is 2.21. The van der Waals surface area contributed by atoms with Gasteiger partial charge in [-0.05, 0) is 30.7 Å². The van der Waals surface area contributed by atoms with E-state index in [1.54, 1.807) is 18.2 Å². The van der Waals surface area contributed by atoms with E-state index in [4.69, 9.17) is 27.7 Å². The molecule has 3 rings (SSSR count). The third-order valence-electron chi connectivity index (χ3n) is 4.51. The summed E-state index contributed by atoms with van der Waals surface area (Å²) in [5.41, 5.74) is 2.57. The molecule has 0 spiro atoms. The summed E-state index contributed by atoms with van der Waals surface area (Å²) in [5, 5.41) is 7.31. The van der Waals surface area contributed by atoms with Crippen LogP contribution >= 0.6 is 23.2 Å². The van der Waals surface area contributed by atoms with Crippen LogP contribution in [0.15, 0.2) is 65.7 Å². The van der Waals surface area contributed by atoms with Crippen molar-refractivity contribution in [1.82, 2.24) is 15.4 Å². The van der Waals surface area contributed by atoms with E-state index in [0.717, 1.165) is 11.1 Å². The molecule has 0 aliphatic heterocycles. The molecule has 8 heteroatoms. The molecule has 0 atom stereocenters. The molecular formula is C23H21Cl2N3O3. The highest BCUT2D eigenvalue weighted by molar-refractivity contribution is 6.36. The Balaban J connectivity index is 1.66.